The van der Waals surface area contributed by atoms with E-state index >= 15 is 0 Å². The molecule has 2 rings (SSSR count). The lowest BCUT2D eigenvalue weighted by Gasteiger charge is -2.16. The molecule has 1 aromatic carbocycles. The van der Waals surface area contributed by atoms with Crippen molar-refractivity contribution in [1.29, 1.82) is 0 Å². The Bertz CT molecular complexity index is 692. The van der Waals surface area contributed by atoms with Crippen molar-refractivity contribution in [2.45, 2.75) is 25.0 Å². The molecule has 20 heavy (non-hydrogen) atoms. The Hall–Kier alpha value is -1.21. The van der Waals surface area contributed by atoms with Crippen LogP contribution < -0.4 is 0 Å². The molecule has 0 aliphatic rings. The van der Waals surface area contributed by atoms with Gasteiger partial charge in [-0.05, 0) is 18.6 Å². The van der Waals surface area contributed by atoms with E-state index in [-0.39, 0.29) is 11.5 Å². The van der Waals surface area contributed by atoms with Crippen LogP contribution in [0.4, 0.5) is 0 Å². The van der Waals surface area contributed by atoms with Crippen molar-refractivity contribution in [2.75, 3.05) is 7.05 Å². The van der Waals surface area contributed by atoms with Crippen molar-refractivity contribution in [1.82, 2.24) is 4.31 Å². The number of hydrogen-bond donors (Lipinski definition) is 1. The molecule has 0 amide bonds. The molecule has 0 fully saturated rings. The average molecular weight is 311 g/mol. The summed E-state index contributed by atoms with van der Waals surface area (Å²) in [6.07, 6.45) is 0. The standard InChI is InChI=1S/C14H17NO3S2/c1-11-4-3-5-12(6-11)8-15(2)20(17,18)14-7-13(9-16)19-10-14/h3-7,10,16H,8-9H2,1-2H3. The molecular weight excluding hydrogens is 294 g/mol. The third kappa shape index (κ3) is 3.27. The molecule has 0 atom stereocenters. The quantitative estimate of drug-likeness (QED) is 0.922. The van der Waals surface area contributed by atoms with Gasteiger partial charge in [-0.25, -0.2) is 8.42 Å². The summed E-state index contributed by atoms with van der Waals surface area (Å²) >= 11 is 1.25. The molecule has 0 bridgehead atoms. The zero-order chi connectivity index (χ0) is 14.8. The molecule has 1 N–H and O–H groups in total. The number of rotatable bonds is 5. The molecule has 4 nitrogen and oxygen atoms in total. The SMILES string of the molecule is Cc1cccc(CN(C)S(=O)(=O)c2csc(CO)c2)c1. The fraction of sp³-hybridized carbons (Fsp3) is 0.286. The maximum atomic E-state index is 12.4. The second-order valence-corrected chi connectivity index (χ2v) is 7.70. The summed E-state index contributed by atoms with van der Waals surface area (Å²) in [5, 5.41) is 10.6. The molecule has 1 heterocycles. The Balaban J connectivity index is 2.21. The molecule has 2 aromatic rings. The second-order valence-electron chi connectivity index (χ2n) is 4.66. The minimum atomic E-state index is -3.51. The lowest BCUT2D eigenvalue weighted by atomic mass is 10.1. The van der Waals surface area contributed by atoms with E-state index in [1.54, 1.807) is 12.4 Å². The maximum Gasteiger partial charge on any atom is 0.243 e. The fourth-order valence-electron chi connectivity index (χ4n) is 1.91. The molecule has 0 saturated carbocycles. The lowest BCUT2D eigenvalue weighted by Crippen LogP contribution is -2.26. The van der Waals surface area contributed by atoms with Gasteiger partial charge >= 0.3 is 0 Å². The van der Waals surface area contributed by atoms with Gasteiger partial charge in [0.2, 0.25) is 10.0 Å². The van der Waals surface area contributed by atoms with Crippen molar-refractivity contribution in [2.24, 2.45) is 0 Å². The van der Waals surface area contributed by atoms with Crippen LogP contribution in [-0.4, -0.2) is 24.9 Å². The van der Waals surface area contributed by atoms with Gasteiger partial charge in [-0.1, -0.05) is 29.8 Å². The molecular formula is C14H17NO3S2. The summed E-state index contributed by atoms with van der Waals surface area (Å²) in [5.41, 5.74) is 2.06. The van der Waals surface area contributed by atoms with Crippen LogP contribution in [0.2, 0.25) is 0 Å². The van der Waals surface area contributed by atoms with Gasteiger partial charge in [0.1, 0.15) is 0 Å². The predicted octanol–water partition coefficient (Wildman–Crippen LogP) is 2.37. The normalized spacial score (nSPS) is 12.0. The highest BCUT2D eigenvalue weighted by Crippen LogP contribution is 2.23. The zero-order valence-corrected chi connectivity index (χ0v) is 13.0. The molecule has 0 saturated heterocycles. The molecule has 1 aromatic heterocycles. The lowest BCUT2D eigenvalue weighted by molar-refractivity contribution is 0.285. The Labute approximate surface area is 123 Å². The van der Waals surface area contributed by atoms with E-state index in [1.807, 2.05) is 31.2 Å². The smallest absolute Gasteiger partial charge is 0.243 e. The fourth-order valence-corrected chi connectivity index (χ4v) is 4.19. The van der Waals surface area contributed by atoms with Crippen molar-refractivity contribution in [3.8, 4) is 0 Å². The van der Waals surface area contributed by atoms with Crippen molar-refractivity contribution < 1.29 is 13.5 Å². The number of thiophene rings is 1. The van der Waals surface area contributed by atoms with Crippen LogP contribution in [0.25, 0.3) is 0 Å². The number of nitrogens with zero attached hydrogens (tertiary/aromatic N) is 1. The summed E-state index contributed by atoms with van der Waals surface area (Å²) in [5.74, 6) is 0. The van der Waals surface area contributed by atoms with Crippen molar-refractivity contribution in [3.05, 3.63) is 51.7 Å². The van der Waals surface area contributed by atoms with E-state index < -0.39 is 10.0 Å². The van der Waals surface area contributed by atoms with Crippen molar-refractivity contribution in [3.63, 3.8) is 0 Å². The van der Waals surface area contributed by atoms with E-state index in [4.69, 9.17) is 5.11 Å². The van der Waals surface area contributed by atoms with Gasteiger partial charge in [-0.2, -0.15) is 4.31 Å². The van der Waals surface area contributed by atoms with Crippen LogP contribution in [-0.2, 0) is 23.2 Å². The average Bonchev–Trinajstić information content (AvgIpc) is 2.88. The molecule has 0 aliphatic heterocycles. The summed E-state index contributed by atoms with van der Waals surface area (Å²) < 4.78 is 26.1. The minimum Gasteiger partial charge on any atom is -0.391 e. The van der Waals surface area contributed by atoms with E-state index in [9.17, 15) is 8.42 Å². The molecule has 0 radical (unpaired) electrons. The van der Waals surface area contributed by atoms with Gasteiger partial charge in [-0.3, -0.25) is 0 Å². The second kappa shape index (κ2) is 6.05. The summed E-state index contributed by atoms with van der Waals surface area (Å²) in [6.45, 7) is 2.17. The maximum absolute atomic E-state index is 12.4. The predicted molar refractivity (Wildman–Crippen MR) is 80.1 cm³/mol. The third-order valence-electron chi connectivity index (χ3n) is 2.98. The van der Waals surface area contributed by atoms with Crippen LogP contribution in [0.5, 0.6) is 0 Å². The Morgan fingerprint density at radius 3 is 2.65 bits per heavy atom. The Morgan fingerprint density at radius 2 is 2.05 bits per heavy atom. The van der Waals surface area contributed by atoms with E-state index in [0.29, 0.717) is 11.4 Å². The first-order valence-electron chi connectivity index (χ1n) is 6.13. The molecule has 0 spiro atoms. The number of sulfonamides is 1. The monoisotopic (exact) mass is 311 g/mol. The highest BCUT2D eigenvalue weighted by Gasteiger charge is 2.22. The summed E-state index contributed by atoms with van der Waals surface area (Å²) in [7, 11) is -1.94. The summed E-state index contributed by atoms with van der Waals surface area (Å²) in [6, 6.07) is 9.29. The molecule has 0 aliphatic carbocycles. The largest absolute Gasteiger partial charge is 0.391 e. The topological polar surface area (TPSA) is 57.6 Å². The number of aryl methyl sites for hydroxylation is 1. The minimum absolute atomic E-state index is 0.137. The number of aliphatic hydroxyl groups excluding tert-OH is 1. The zero-order valence-electron chi connectivity index (χ0n) is 11.4. The number of benzene rings is 1. The highest BCUT2D eigenvalue weighted by molar-refractivity contribution is 7.89. The number of aliphatic hydroxyl groups is 1. The first kappa shape index (κ1) is 15.2. The van der Waals surface area contributed by atoms with Crippen LogP contribution in [0.3, 0.4) is 0 Å². The Kier molecular flexibility index (Phi) is 4.59. The van der Waals surface area contributed by atoms with Crippen LogP contribution in [0.15, 0.2) is 40.6 Å². The highest BCUT2D eigenvalue weighted by atomic mass is 32.2. The van der Waals surface area contributed by atoms with Crippen LogP contribution >= 0.6 is 11.3 Å². The van der Waals surface area contributed by atoms with E-state index in [1.165, 1.54) is 21.7 Å². The Morgan fingerprint density at radius 1 is 1.30 bits per heavy atom. The van der Waals surface area contributed by atoms with Gasteiger partial charge in [0.05, 0.1) is 11.5 Å². The van der Waals surface area contributed by atoms with E-state index in [2.05, 4.69) is 0 Å². The van der Waals surface area contributed by atoms with Crippen LogP contribution in [0.1, 0.15) is 16.0 Å². The number of hydrogen-bond acceptors (Lipinski definition) is 4. The first-order valence-corrected chi connectivity index (χ1v) is 8.45. The first-order chi connectivity index (χ1) is 9.43. The van der Waals surface area contributed by atoms with E-state index in [0.717, 1.165) is 11.1 Å². The van der Waals surface area contributed by atoms with Gasteiger partial charge in [-0.15, -0.1) is 11.3 Å². The van der Waals surface area contributed by atoms with Crippen molar-refractivity contribution >= 4 is 21.4 Å². The molecule has 0 unspecified atom stereocenters. The molecule has 108 valence electrons. The van der Waals surface area contributed by atoms with Gasteiger partial charge in [0, 0.05) is 23.8 Å². The van der Waals surface area contributed by atoms with Crippen LogP contribution in [0, 0.1) is 6.92 Å². The van der Waals surface area contributed by atoms with Gasteiger partial charge in [0.15, 0.2) is 0 Å². The molecule has 6 heteroatoms. The van der Waals surface area contributed by atoms with Gasteiger partial charge < -0.3 is 5.11 Å². The van der Waals surface area contributed by atoms with Gasteiger partial charge in [0.25, 0.3) is 0 Å². The summed E-state index contributed by atoms with van der Waals surface area (Å²) in [4.78, 5) is 0.884. The third-order valence-corrected chi connectivity index (χ3v) is 5.83.